The first kappa shape index (κ1) is 9.27. The van der Waals surface area contributed by atoms with E-state index in [9.17, 15) is 0 Å². The third-order valence-electron chi connectivity index (χ3n) is 2.19. The summed E-state index contributed by atoms with van der Waals surface area (Å²) < 4.78 is 1.97. The summed E-state index contributed by atoms with van der Waals surface area (Å²) in [5.41, 5.74) is 2.98. The summed E-state index contributed by atoms with van der Waals surface area (Å²) in [5, 5.41) is 8.27. The van der Waals surface area contributed by atoms with Crippen LogP contribution in [0.4, 0.5) is 0 Å². The Balaban J connectivity index is 2.57. The van der Waals surface area contributed by atoms with Crippen LogP contribution < -0.4 is 0 Å². The van der Waals surface area contributed by atoms with Crippen molar-refractivity contribution in [2.24, 2.45) is 7.05 Å². The van der Waals surface area contributed by atoms with Crippen molar-refractivity contribution in [2.75, 3.05) is 6.26 Å². The average molecular weight is 205 g/mol. The fourth-order valence-corrected chi connectivity index (χ4v) is 1.76. The number of rotatable bonds is 1. The highest BCUT2D eigenvalue weighted by atomic mass is 32.2. The summed E-state index contributed by atoms with van der Waals surface area (Å²) >= 11 is 1.44. The first-order valence-corrected chi connectivity index (χ1v) is 5.49. The van der Waals surface area contributed by atoms with Crippen LogP contribution in [-0.2, 0) is 7.05 Å². The average Bonchev–Trinajstić information content (AvgIpc) is 2.59. The molecule has 72 valence electrons. The number of nitrogens with zero attached hydrogens (tertiary/aromatic N) is 2. The Hall–Kier alpha value is -1.29. The number of aryl methyl sites for hydroxylation is 1. The molecule has 0 fully saturated rings. The molecule has 0 spiro atoms. The Labute approximate surface area is 86.7 Å². The predicted molar refractivity (Wildman–Crippen MR) is 61.1 cm³/mol. The number of nitrogens with one attached hydrogen (secondary N) is 1. The third-order valence-corrected chi connectivity index (χ3v) is 2.84. The Morgan fingerprint density at radius 1 is 1.50 bits per heavy atom. The second-order valence-electron chi connectivity index (χ2n) is 3.09. The molecule has 0 amide bonds. The van der Waals surface area contributed by atoms with Crippen molar-refractivity contribution in [3.63, 3.8) is 0 Å². The van der Waals surface area contributed by atoms with Gasteiger partial charge in [0.2, 0.25) is 0 Å². The molecular weight excluding hydrogens is 194 g/mol. The summed E-state index contributed by atoms with van der Waals surface area (Å²) in [5.74, 6) is 0. The lowest BCUT2D eigenvalue weighted by atomic mass is 10.2. The van der Waals surface area contributed by atoms with Gasteiger partial charge in [-0.15, -0.1) is 11.8 Å². The van der Waals surface area contributed by atoms with Crippen LogP contribution in [-0.4, -0.2) is 20.9 Å². The van der Waals surface area contributed by atoms with Crippen molar-refractivity contribution in [3.05, 3.63) is 30.1 Å². The second-order valence-corrected chi connectivity index (χ2v) is 3.91. The monoisotopic (exact) mass is 205 g/mol. The van der Waals surface area contributed by atoms with Crippen molar-refractivity contribution in [1.82, 2.24) is 9.55 Å². The van der Waals surface area contributed by atoms with Gasteiger partial charge in [-0.3, -0.25) is 5.41 Å². The minimum Gasteiger partial charge on any atom is -0.334 e. The van der Waals surface area contributed by atoms with Crippen molar-refractivity contribution >= 4 is 27.8 Å². The quantitative estimate of drug-likeness (QED) is 0.573. The molecule has 0 atom stereocenters. The van der Waals surface area contributed by atoms with Crippen LogP contribution in [0.15, 0.2) is 24.5 Å². The molecule has 0 saturated heterocycles. The summed E-state index contributed by atoms with van der Waals surface area (Å²) in [6.45, 7) is 0. The molecule has 0 bridgehead atoms. The fraction of sp³-hybridized carbons (Fsp3) is 0.200. The standard InChI is InChI=1S/C10H11N3S/c1-13-6-12-8-5-7(10(11)14-2)3-4-9(8)13/h3-6,11H,1-2H3. The van der Waals surface area contributed by atoms with Crippen LogP contribution in [0.3, 0.4) is 0 Å². The number of imidazole rings is 1. The summed E-state index contributed by atoms with van der Waals surface area (Å²) in [4.78, 5) is 4.25. The van der Waals surface area contributed by atoms with Gasteiger partial charge in [0, 0.05) is 12.6 Å². The minimum absolute atomic E-state index is 0.581. The number of benzene rings is 1. The van der Waals surface area contributed by atoms with E-state index >= 15 is 0 Å². The zero-order valence-corrected chi connectivity index (χ0v) is 8.93. The number of hydrogen-bond donors (Lipinski definition) is 1. The molecule has 1 N–H and O–H groups in total. The van der Waals surface area contributed by atoms with Gasteiger partial charge in [-0.2, -0.15) is 0 Å². The van der Waals surface area contributed by atoms with Gasteiger partial charge in [-0.1, -0.05) is 6.07 Å². The molecule has 0 unspecified atom stereocenters. The fourth-order valence-electron chi connectivity index (χ4n) is 1.40. The highest BCUT2D eigenvalue weighted by Crippen LogP contribution is 2.16. The maximum Gasteiger partial charge on any atom is 0.0955 e. The minimum atomic E-state index is 0.581. The first-order valence-electron chi connectivity index (χ1n) is 4.26. The Bertz CT molecular complexity index is 487. The molecule has 1 heterocycles. The molecule has 0 radical (unpaired) electrons. The molecule has 2 aromatic rings. The van der Waals surface area contributed by atoms with Gasteiger partial charge in [0.05, 0.1) is 22.4 Å². The van der Waals surface area contributed by atoms with E-state index < -0.39 is 0 Å². The molecule has 1 aromatic heterocycles. The molecule has 3 nitrogen and oxygen atoms in total. The van der Waals surface area contributed by atoms with E-state index in [1.807, 2.05) is 36.1 Å². The van der Waals surface area contributed by atoms with Crippen LogP contribution in [0.25, 0.3) is 11.0 Å². The predicted octanol–water partition coefficient (Wildman–Crippen LogP) is 2.26. The lowest BCUT2D eigenvalue weighted by molar-refractivity contribution is 0.947. The summed E-state index contributed by atoms with van der Waals surface area (Å²) in [6.07, 6.45) is 3.70. The highest BCUT2D eigenvalue weighted by molar-refractivity contribution is 8.13. The number of hydrogen-bond acceptors (Lipinski definition) is 3. The van der Waals surface area contributed by atoms with Gasteiger partial charge in [-0.05, 0) is 18.4 Å². The van der Waals surface area contributed by atoms with E-state index in [0.717, 1.165) is 16.6 Å². The zero-order valence-electron chi connectivity index (χ0n) is 8.11. The largest absolute Gasteiger partial charge is 0.334 e. The molecule has 0 aliphatic heterocycles. The molecule has 1 aromatic carbocycles. The maximum absolute atomic E-state index is 7.69. The van der Waals surface area contributed by atoms with Crippen LogP contribution in [0.2, 0.25) is 0 Å². The Kier molecular flexibility index (Phi) is 2.29. The van der Waals surface area contributed by atoms with Crippen molar-refractivity contribution < 1.29 is 0 Å². The highest BCUT2D eigenvalue weighted by Gasteiger charge is 2.03. The van der Waals surface area contributed by atoms with Crippen molar-refractivity contribution in [3.8, 4) is 0 Å². The van der Waals surface area contributed by atoms with Crippen LogP contribution in [0.5, 0.6) is 0 Å². The molecular formula is C10H11N3S. The van der Waals surface area contributed by atoms with Crippen molar-refractivity contribution in [1.29, 1.82) is 5.41 Å². The molecule has 0 saturated carbocycles. The molecule has 14 heavy (non-hydrogen) atoms. The van der Waals surface area contributed by atoms with E-state index in [2.05, 4.69) is 4.98 Å². The molecule has 0 aliphatic carbocycles. The lowest BCUT2D eigenvalue weighted by Gasteiger charge is -2.00. The van der Waals surface area contributed by atoms with Gasteiger partial charge in [-0.25, -0.2) is 4.98 Å². The first-order chi connectivity index (χ1) is 6.72. The van der Waals surface area contributed by atoms with Crippen LogP contribution in [0, 0.1) is 5.41 Å². The van der Waals surface area contributed by atoms with E-state index in [0.29, 0.717) is 5.04 Å². The van der Waals surface area contributed by atoms with Gasteiger partial charge in [0.25, 0.3) is 0 Å². The van der Waals surface area contributed by atoms with E-state index in [-0.39, 0.29) is 0 Å². The molecule has 2 rings (SSSR count). The third kappa shape index (κ3) is 1.42. The van der Waals surface area contributed by atoms with E-state index in [4.69, 9.17) is 5.41 Å². The topological polar surface area (TPSA) is 41.7 Å². The number of aromatic nitrogens is 2. The Morgan fingerprint density at radius 3 is 3.00 bits per heavy atom. The van der Waals surface area contributed by atoms with Gasteiger partial charge >= 0.3 is 0 Å². The van der Waals surface area contributed by atoms with Gasteiger partial charge < -0.3 is 4.57 Å². The summed E-state index contributed by atoms with van der Waals surface area (Å²) in [7, 11) is 1.97. The maximum atomic E-state index is 7.69. The number of thioether (sulfide) groups is 1. The van der Waals surface area contributed by atoms with Crippen LogP contribution >= 0.6 is 11.8 Å². The van der Waals surface area contributed by atoms with E-state index in [1.165, 1.54) is 11.8 Å². The van der Waals surface area contributed by atoms with Gasteiger partial charge in [0.15, 0.2) is 0 Å². The zero-order chi connectivity index (χ0) is 10.1. The normalized spacial score (nSPS) is 10.7. The number of fused-ring (bicyclic) bond motifs is 1. The van der Waals surface area contributed by atoms with Crippen LogP contribution in [0.1, 0.15) is 5.56 Å². The van der Waals surface area contributed by atoms with E-state index in [1.54, 1.807) is 6.33 Å². The Morgan fingerprint density at radius 2 is 2.29 bits per heavy atom. The summed E-state index contributed by atoms with van der Waals surface area (Å²) in [6, 6.07) is 5.92. The SMILES string of the molecule is CSC(=N)c1ccc2c(c1)ncn2C. The van der Waals surface area contributed by atoms with Crippen molar-refractivity contribution in [2.45, 2.75) is 0 Å². The second kappa shape index (κ2) is 3.46. The molecule has 4 heteroatoms. The molecule has 0 aliphatic rings. The lowest BCUT2D eigenvalue weighted by Crippen LogP contribution is -1.92. The smallest absolute Gasteiger partial charge is 0.0955 e. The van der Waals surface area contributed by atoms with Gasteiger partial charge in [0.1, 0.15) is 0 Å².